The molecule has 0 aromatic heterocycles. The van der Waals surface area contributed by atoms with E-state index in [4.69, 9.17) is 5.73 Å². The van der Waals surface area contributed by atoms with Crippen LogP contribution in [0.25, 0.3) is 0 Å². The number of nitrogens with zero attached hydrogens (tertiary/aromatic N) is 2. The largest absolute Gasteiger partial charge is 0.330 e. The molecule has 0 spiro atoms. The highest BCUT2D eigenvalue weighted by atomic mass is 16.2. The summed E-state index contributed by atoms with van der Waals surface area (Å²) in [4.78, 5) is 15.7. The van der Waals surface area contributed by atoms with Crippen molar-refractivity contribution in [3.05, 3.63) is 29.8 Å². The zero-order valence-corrected chi connectivity index (χ0v) is 10.9. The molecule has 4 heteroatoms. The Morgan fingerprint density at radius 1 is 1.22 bits per heavy atom. The average molecular weight is 247 g/mol. The minimum atomic E-state index is 0.0984. The molecule has 4 nitrogen and oxygen atoms in total. The number of hydrogen-bond donors (Lipinski definition) is 1. The molecule has 0 saturated carbocycles. The van der Waals surface area contributed by atoms with Crippen molar-refractivity contribution >= 4 is 11.7 Å². The lowest BCUT2D eigenvalue weighted by atomic mass is 10.1. The third kappa shape index (κ3) is 2.64. The number of amides is 2. The van der Waals surface area contributed by atoms with Gasteiger partial charge in [0.05, 0.1) is 0 Å². The fraction of sp³-hybridized carbons (Fsp3) is 0.500. The van der Waals surface area contributed by atoms with Gasteiger partial charge in [-0.2, -0.15) is 0 Å². The molecule has 0 radical (unpaired) electrons. The summed E-state index contributed by atoms with van der Waals surface area (Å²) in [5.74, 6) is 0. The molecule has 18 heavy (non-hydrogen) atoms. The summed E-state index contributed by atoms with van der Waals surface area (Å²) >= 11 is 0. The van der Waals surface area contributed by atoms with Crippen LogP contribution in [-0.2, 0) is 6.42 Å². The first-order valence-electron chi connectivity index (χ1n) is 6.54. The summed E-state index contributed by atoms with van der Waals surface area (Å²) < 4.78 is 0. The van der Waals surface area contributed by atoms with Crippen LogP contribution in [0.2, 0.25) is 0 Å². The standard InChI is InChI=1S/C14H21N3O/c1-16-10-11-17(14(16)18)13-8-3-2-6-12(13)7-4-5-9-15/h2-3,6,8H,4-5,7,9-11,15H2,1H3. The second kappa shape index (κ2) is 5.87. The quantitative estimate of drug-likeness (QED) is 0.807. The van der Waals surface area contributed by atoms with E-state index in [2.05, 4.69) is 6.07 Å². The first-order valence-corrected chi connectivity index (χ1v) is 6.54. The lowest BCUT2D eigenvalue weighted by Crippen LogP contribution is -2.29. The van der Waals surface area contributed by atoms with Crippen molar-refractivity contribution in [3.63, 3.8) is 0 Å². The number of carbonyl (C=O) groups is 1. The fourth-order valence-corrected chi connectivity index (χ4v) is 2.32. The van der Waals surface area contributed by atoms with Gasteiger partial charge in [-0.15, -0.1) is 0 Å². The Kier molecular flexibility index (Phi) is 4.20. The lowest BCUT2D eigenvalue weighted by Gasteiger charge is -2.19. The molecule has 0 bridgehead atoms. The number of aryl methyl sites for hydroxylation is 1. The molecule has 1 aliphatic heterocycles. The normalized spacial score (nSPS) is 15.6. The SMILES string of the molecule is CN1CCN(c2ccccc2CCCCN)C1=O. The molecule has 1 aliphatic rings. The fourth-order valence-electron chi connectivity index (χ4n) is 2.32. The van der Waals surface area contributed by atoms with E-state index < -0.39 is 0 Å². The van der Waals surface area contributed by atoms with Crippen LogP contribution in [0.1, 0.15) is 18.4 Å². The zero-order chi connectivity index (χ0) is 13.0. The van der Waals surface area contributed by atoms with Gasteiger partial charge < -0.3 is 10.6 Å². The molecule has 1 saturated heterocycles. The van der Waals surface area contributed by atoms with Gasteiger partial charge in [-0.1, -0.05) is 18.2 Å². The van der Waals surface area contributed by atoms with Crippen molar-refractivity contribution in [2.75, 3.05) is 31.6 Å². The van der Waals surface area contributed by atoms with Gasteiger partial charge in [0.25, 0.3) is 0 Å². The van der Waals surface area contributed by atoms with Crippen LogP contribution in [0.15, 0.2) is 24.3 Å². The Balaban J connectivity index is 2.14. The van der Waals surface area contributed by atoms with Crippen LogP contribution in [0.5, 0.6) is 0 Å². The van der Waals surface area contributed by atoms with Crippen LogP contribution in [-0.4, -0.2) is 37.6 Å². The van der Waals surface area contributed by atoms with Crippen LogP contribution in [0.3, 0.4) is 0 Å². The number of carbonyl (C=O) groups excluding carboxylic acids is 1. The third-order valence-corrected chi connectivity index (χ3v) is 3.40. The second-order valence-corrected chi connectivity index (χ2v) is 4.73. The summed E-state index contributed by atoms with van der Waals surface area (Å²) in [6, 6.07) is 8.27. The van der Waals surface area contributed by atoms with Crippen LogP contribution in [0, 0.1) is 0 Å². The van der Waals surface area contributed by atoms with Gasteiger partial charge in [0, 0.05) is 25.8 Å². The third-order valence-electron chi connectivity index (χ3n) is 3.40. The minimum absolute atomic E-state index is 0.0984. The van der Waals surface area contributed by atoms with Crippen molar-refractivity contribution in [2.24, 2.45) is 5.73 Å². The van der Waals surface area contributed by atoms with Crippen molar-refractivity contribution < 1.29 is 4.79 Å². The van der Waals surface area contributed by atoms with E-state index in [1.807, 2.05) is 30.1 Å². The number of urea groups is 1. The van der Waals surface area contributed by atoms with E-state index in [9.17, 15) is 4.79 Å². The molecular formula is C14H21N3O. The van der Waals surface area contributed by atoms with Crippen molar-refractivity contribution in [3.8, 4) is 0 Å². The van der Waals surface area contributed by atoms with E-state index in [1.54, 1.807) is 4.90 Å². The summed E-state index contributed by atoms with van der Waals surface area (Å²) in [5, 5.41) is 0. The van der Waals surface area contributed by atoms with E-state index in [0.717, 1.165) is 44.6 Å². The number of unbranched alkanes of at least 4 members (excludes halogenated alkanes) is 1. The van der Waals surface area contributed by atoms with E-state index in [1.165, 1.54) is 5.56 Å². The van der Waals surface area contributed by atoms with Crippen molar-refractivity contribution in [1.29, 1.82) is 0 Å². The molecular weight excluding hydrogens is 226 g/mol. The lowest BCUT2D eigenvalue weighted by molar-refractivity contribution is 0.229. The average Bonchev–Trinajstić information content (AvgIpc) is 2.71. The number of nitrogens with two attached hydrogens (primary N) is 1. The van der Waals surface area contributed by atoms with E-state index in [0.29, 0.717) is 0 Å². The topological polar surface area (TPSA) is 49.6 Å². The first-order chi connectivity index (χ1) is 8.74. The molecule has 1 heterocycles. The van der Waals surface area contributed by atoms with E-state index in [-0.39, 0.29) is 6.03 Å². The Hall–Kier alpha value is -1.55. The predicted molar refractivity (Wildman–Crippen MR) is 73.8 cm³/mol. The molecule has 1 aromatic carbocycles. The molecule has 2 rings (SSSR count). The van der Waals surface area contributed by atoms with Crippen LogP contribution < -0.4 is 10.6 Å². The monoisotopic (exact) mass is 247 g/mol. The number of rotatable bonds is 5. The molecule has 2 amide bonds. The van der Waals surface area contributed by atoms with Crippen LogP contribution in [0.4, 0.5) is 10.5 Å². The number of likely N-dealkylation sites (N-methyl/N-ethyl adjacent to an activating group) is 1. The molecule has 1 fully saturated rings. The van der Waals surface area contributed by atoms with Gasteiger partial charge in [-0.3, -0.25) is 4.90 Å². The Morgan fingerprint density at radius 2 is 2.00 bits per heavy atom. The Labute approximate surface area is 108 Å². The molecule has 0 atom stereocenters. The van der Waals surface area contributed by atoms with Crippen molar-refractivity contribution in [1.82, 2.24) is 4.90 Å². The van der Waals surface area contributed by atoms with Crippen LogP contribution >= 0.6 is 0 Å². The number of para-hydroxylation sites is 1. The zero-order valence-electron chi connectivity index (χ0n) is 10.9. The summed E-state index contributed by atoms with van der Waals surface area (Å²) in [5.41, 5.74) is 7.83. The summed E-state index contributed by atoms with van der Waals surface area (Å²) in [7, 11) is 1.85. The highest BCUT2D eigenvalue weighted by molar-refractivity contribution is 5.94. The van der Waals surface area contributed by atoms with Gasteiger partial charge in [-0.05, 0) is 37.4 Å². The van der Waals surface area contributed by atoms with Crippen molar-refractivity contribution in [2.45, 2.75) is 19.3 Å². The van der Waals surface area contributed by atoms with E-state index >= 15 is 0 Å². The Bertz CT molecular complexity index is 419. The molecule has 0 unspecified atom stereocenters. The Morgan fingerprint density at radius 3 is 2.67 bits per heavy atom. The maximum Gasteiger partial charge on any atom is 0.324 e. The second-order valence-electron chi connectivity index (χ2n) is 4.73. The number of benzene rings is 1. The maximum atomic E-state index is 12.0. The molecule has 0 aliphatic carbocycles. The smallest absolute Gasteiger partial charge is 0.324 e. The van der Waals surface area contributed by atoms with Gasteiger partial charge in [0.1, 0.15) is 0 Å². The maximum absolute atomic E-state index is 12.0. The molecule has 98 valence electrons. The van der Waals surface area contributed by atoms with Gasteiger partial charge in [0.2, 0.25) is 0 Å². The summed E-state index contributed by atoms with van der Waals surface area (Å²) in [6.07, 6.45) is 3.09. The van der Waals surface area contributed by atoms with Gasteiger partial charge >= 0.3 is 6.03 Å². The highest BCUT2D eigenvalue weighted by Crippen LogP contribution is 2.25. The number of anilines is 1. The molecule has 2 N–H and O–H groups in total. The highest BCUT2D eigenvalue weighted by Gasteiger charge is 2.27. The van der Waals surface area contributed by atoms with Gasteiger partial charge in [-0.25, -0.2) is 4.79 Å². The molecule has 1 aromatic rings. The van der Waals surface area contributed by atoms with Gasteiger partial charge in [0.15, 0.2) is 0 Å². The first kappa shape index (κ1) is 12.9. The minimum Gasteiger partial charge on any atom is -0.330 e. The summed E-state index contributed by atoms with van der Waals surface area (Å²) in [6.45, 7) is 2.31. The number of hydrogen-bond acceptors (Lipinski definition) is 2. The predicted octanol–water partition coefficient (Wildman–Crippen LogP) is 1.84.